The van der Waals surface area contributed by atoms with Gasteiger partial charge in [0.1, 0.15) is 16.4 Å². The van der Waals surface area contributed by atoms with Crippen molar-refractivity contribution < 1.29 is 17.9 Å². The summed E-state index contributed by atoms with van der Waals surface area (Å²) in [5.41, 5.74) is 2.38. The van der Waals surface area contributed by atoms with E-state index in [2.05, 4.69) is 6.07 Å². The fourth-order valence-electron chi connectivity index (χ4n) is 3.67. The lowest BCUT2D eigenvalue weighted by Crippen LogP contribution is -2.29. The molecule has 0 bridgehead atoms. The Kier molecular flexibility index (Phi) is 4.59. The van der Waals surface area contributed by atoms with E-state index < -0.39 is 10.0 Å². The molecule has 5 nitrogen and oxygen atoms in total. The highest BCUT2D eigenvalue weighted by atomic mass is 35.5. The van der Waals surface area contributed by atoms with E-state index in [0.29, 0.717) is 23.9 Å². The number of hydrogen-bond donors (Lipinski definition) is 0. The van der Waals surface area contributed by atoms with Crippen molar-refractivity contribution >= 4 is 21.6 Å². The predicted octanol–water partition coefficient (Wildman–Crippen LogP) is 3.46. The summed E-state index contributed by atoms with van der Waals surface area (Å²) in [4.78, 5) is 0.121. The van der Waals surface area contributed by atoms with Crippen LogP contribution in [0.15, 0.2) is 41.3 Å². The molecule has 0 aliphatic carbocycles. The third-order valence-electron chi connectivity index (χ3n) is 5.08. The van der Waals surface area contributed by atoms with Crippen LogP contribution in [0.4, 0.5) is 0 Å². The highest BCUT2D eigenvalue weighted by Crippen LogP contribution is 2.37. The Bertz CT molecular complexity index is 945. The quantitative estimate of drug-likeness (QED) is 0.798. The number of sulfonamides is 1. The van der Waals surface area contributed by atoms with Crippen LogP contribution < -0.4 is 9.47 Å². The molecule has 26 heavy (non-hydrogen) atoms. The molecule has 0 amide bonds. The third-order valence-corrected chi connectivity index (χ3v) is 7.20. The van der Waals surface area contributed by atoms with Gasteiger partial charge in [-0.3, -0.25) is 0 Å². The van der Waals surface area contributed by atoms with Crippen LogP contribution >= 0.6 is 11.6 Å². The van der Waals surface area contributed by atoms with E-state index >= 15 is 0 Å². The Morgan fingerprint density at radius 3 is 2.88 bits per heavy atom. The monoisotopic (exact) mass is 393 g/mol. The van der Waals surface area contributed by atoms with Gasteiger partial charge in [0.15, 0.2) is 0 Å². The number of methoxy groups -OCH3 is 1. The Labute approximate surface area is 158 Å². The molecular weight excluding hydrogens is 374 g/mol. The minimum atomic E-state index is -3.66. The maximum atomic E-state index is 13.1. The van der Waals surface area contributed by atoms with Gasteiger partial charge in [-0.15, -0.1) is 0 Å². The molecule has 0 aromatic heterocycles. The van der Waals surface area contributed by atoms with Crippen LogP contribution in [-0.4, -0.2) is 39.5 Å². The molecule has 7 heteroatoms. The second-order valence-corrected chi connectivity index (χ2v) is 8.95. The van der Waals surface area contributed by atoms with Gasteiger partial charge >= 0.3 is 0 Å². The first kappa shape index (κ1) is 17.6. The number of nitrogens with zero attached hydrogens (tertiary/aromatic N) is 1. The highest BCUT2D eigenvalue weighted by Gasteiger charge is 2.35. The van der Waals surface area contributed by atoms with Crippen LogP contribution in [0.5, 0.6) is 11.5 Å². The van der Waals surface area contributed by atoms with Crippen molar-refractivity contribution in [1.82, 2.24) is 4.31 Å². The second-order valence-electron chi connectivity index (χ2n) is 6.61. The molecule has 0 N–H and O–H groups in total. The molecular formula is C19H20ClNO4S. The fraction of sp³-hybridized carbons (Fsp3) is 0.368. The molecule has 2 heterocycles. The molecule has 2 aromatic rings. The van der Waals surface area contributed by atoms with E-state index in [1.807, 2.05) is 12.1 Å². The number of benzene rings is 2. The van der Waals surface area contributed by atoms with Crippen molar-refractivity contribution in [3.8, 4) is 11.5 Å². The standard InChI is InChI=1S/C19H20ClNO4S/c1-24-18-5-3-16(20)11-19(18)26(22,23)21-8-6-15(12-21)13-2-4-17-14(10-13)7-9-25-17/h2-5,10-11,15H,6-9,12H2,1H3/t15-/m1/s1. The molecule has 1 fully saturated rings. The summed E-state index contributed by atoms with van der Waals surface area (Å²) >= 11 is 6.01. The van der Waals surface area contributed by atoms with Gasteiger partial charge < -0.3 is 9.47 Å². The Balaban J connectivity index is 1.59. The molecule has 1 atom stereocenters. The average Bonchev–Trinajstić information content (AvgIpc) is 3.30. The summed E-state index contributed by atoms with van der Waals surface area (Å²) in [7, 11) is -2.20. The Hall–Kier alpha value is -1.76. The number of fused-ring (bicyclic) bond motifs is 1. The lowest BCUT2D eigenvalue weighted by Gasteiger charge is -2.19. The zero-order valence-electron chi connectivity index (χ0n) is 14.4. The number of ether oxygens (including phenoxy) is 2. The third kappa shape index (κ3) is 3.06. The molecule has 2 aliphatic rings. The maximum absolute atomic E-state index is 13.1. The Morgan fingerprint density at radius 1 is 1.23 bits per heavy atom. The van der Waals surface area contributed by atoms with Crippen molar-refractivity contribution in [1.29, 1.82) is 0 Å². The van der Waals surface area contributed by atoms with Gasteiger partial charge in [0, 0.05) is 24.5 Å². The van der Waals surface area contributed by atoms with Crippen molar-refractivity contribution in [2.24, 2.45) is 0 Å². The van der Waals surface area contributed by atoms with Crippen LogP contribution in [0, 0.1) is 0 Å². The number of rotatable bonds is 4. The first-order chi connectivity index (χ1) is 12.5. The van der Waals surface area contributed by atoms with Crippen molar-refractivity contribution in [2.45, 2.75) is 23.7 Å². The van der Waals surface area contributed by atoms with E-state index in [0.717, 1.165) is 25.2 Å². The first-order valence-corrected chi connectivity index (χ1v) is 10.4. The predicted molar refractivity (Wildman–Crippen MR) is 99.8 cm³/mol. The van der Waals surface area contributed by atoms with Gasteiger partial charge in [0.25, 0.3) is 0 Å². The molecule has 4 rings (SSSR count). The summed E-state index contributed by atoms with van der Waals surface area (Å²) in [6.07, 6.45) is 1.71. The summed E-state index contributed by atoms with van der Waals surface area (Å²) in [6, 6.07) is 10.9. The largest absolute Gasteiger partial charge is 0.495 e. The van der Waals surface area contributed by atoms with Gasteiger partial charge in [-0.25, -0.2) is 8.42 Å². The van der Waals surface area contributed by atoms with Gasteiger partial charge in [-0.2, -0.15) is 4.31 Å². The Morgan fingerprint density at radius 2 is 2.08 bits per heavy atom. The number of halogens is 1. The fourth-order valence-corrected chi connectivity index (χ4v) is 5.59. The summed E-state index contributed by atoms with van der Waals surface area (Å²) < 4.78 is 38.5. The first-order valence-electron chi connectivity index (χ1n) is 8.58. The molecule has 138 valence electrons. The maximum Gasteiger partial charge on any atom is 0.246 e. The molecule has 2 aliphatic heterocycles. The van der Waals surface area contributed by atoms with Gasteiger partial charge in [-0.05, 0) is 47.7 Å². The van der Waals surface area contributed by atoms with Crippen LogP contribution in [-0.2, 0) is 16.4 Å². The van der Waals surface area contributed by atoms with Gasteiger partial charge in [0.2, 0.25) is 10.0 Å². The van der Waals surface area contributed by atoms with E-state index in [-0.39, 0.29) is 10.8 Å². The summed E-state index contributed by atoms with van der Waals surface area (Å²) in [5, 5.41) is 0.374. The number of hydrogen-bond acceptors (Lipinski definition) is 4. The second kappa shape index (κ2) is 6.76. The van der Waals surface area contributed by atoms with E-state index in [1.165, 1.54) is 28.6 Å². The van der Waals surface area contributed by atoms with Crippen LogP contribution in [0.3, 0.4) is 0 Å². The minimum absolute atomic E-state index is 0.121. The van der Waals surface area contributed by atoms with Crippen LogP contribution in [0.2, 0.25) is 5.02 Å². The molecule has 2 aromatic carbocycles. The lowest BCUT2D eigenvalue weighted by atomic mass is 9.96. The average molecular weight is 394 g/mol. The molecule has 0 saturated carbocycles. The zero-order chi connectivity index (χ0) is 18.3. The van der Waals surface area contributed by atoms with Crippen molar-refractivity contribution in [3.63, 3.8) is 0 Å². The minimum Gasteiger partial charge on any atom is -0.495 e. The highest BCUT2D eigenvalue weighted by molar-refractivity contribution is 7.89. The van der Waals surface area contributed by atoms with Crippen molar-refractivity contribution in [3.05, 3.63) is 52.5 Å². The zero-order valence-corrected chi connectivity index (χ0v) is 16.0. The topological polar surface area (TPSA) is 55.8 Å². The van der Waals surface area contributed by atoms with Crippen LogP contribution in [0.1, 0.15) is 23.5 Å². The lowest BCUT2D eigenvalue weighted by molar-refractivity contribution is 0.357. The molecule has 0 unspecified atom stereocenters. The summed E-state index contributed by atoms with van der Waals surface area (Å²) in [5.74, 6) is 1.44. The molecule has 1 saturated heterocycles. The smallest absolute Gasteiger partial charge is 0.246 e. The normalized spacial score (nSPS) is 20.0. The van der Waals surface area contributed by atoms with Crippen molar-refractivity contribution in [2.75, 3.05) is 26.8 Å². The molecule has 0 spiro atoms. The van der Waals surface area contributed by atoms with Gasteiger partial charge in [0.05, 0.1) is 13.7 Å². The SMILES string of the molecule is COc1ccc(Cl)cc1S(=O)(=O)N1CC[C@@H](c2ccc3c(c2)CCO3)C1. The summed E-state index contributed by atoms with van der Waals surface area (Å²) in [6.45, 7) is 1.66. The van der Waals surface area contributed by atoms with E-state index in [4.69, 9.17) is 21.1 Å². The van der Waals surface area contributed by atoms with E-state index in [1.54, 1.807) is 12.1 Å². The van der Waals surface area contributed by atoms with E-state index in [9.17, 15) is 8.42 Å². The molecule has 0 radical (unpaired) electrons. The van der Waals surface area contributed by atoms with Gasteiger partial charge in [-0.1, -0.05) is 23.7 Å². The van der Waals surface area contributed by atoms with Crippen LogP contribution in [0.25, 0.3) is 0 Å².